The summed E-state index contributed by atoms with van der Waals surface area (Å²) in [6.07, 6.45) is 0. The number of methoxy groups -OCH3 is 1. The number of thiophene rings is 1. The number of aryl methyl sites for hydroxylation is 1. The number of amides is 1. The SMILES string of the molecule is COc1ccc(NC(=O)CNS(=O)(=O)c2ccc(C)s2)cc1. The molecule has 1 heterocycles. The number of hydrogen-bond donors (Lipinski definition) is 2. The van der Waals surface area contributed by atoms with E-state index in [4.69, 9.17) is 4.74 Å². The number of ether oxygens (including phenoxy) is 1. The second-order valence-electron chi connectivity index (χ2n) is 4.47. The van der Waals surface area contributed by atoms with Gasteiger partial charge in [0, 0.05) is 10.6 Å². The third kappa shape index (κ3) is 4.30. The van der Waals surface area contributed by atoms with Gasteiger partial charge in [-0.15, -0.1) is 11.3 Å². The van der Waals surface area contributed by atoms with Gasteiger partial charge in [-0.3, -0.25) is 4.79 Å². The molecule has 0 atom stereocenters. The van der Waals surface area contributed by atoms with Gasteiger partial charge < -0.3 is 10.1 Å². The van der Waals surface area contributed by atoms with Gasteiger partial charge in [-0.1, -0.05) is 0 Å². The third-order valence-corrected chi connectivity index (χ3v) is 5.67. The Hall–Kier alpha value is -1.90. The van der Waals surface area contributed by atoms with Gasteiger partial charge in [0.25, 0.3) is 10.0 Å². The summed E-state index contributed by atoms with van der Waals surface area (Å²) < 4.78 is 31.5. The van der Waals surface area contributed by atoms with E-state index in [1.807, 2.05) is 6.92 Å². The molecule has 1 aromatic heterocycles. The van der Waals surface area contributed by atoms with Crippen molar-refractivity contribution in [3.8, 4) is 5.75 Å². The van der Waals surface area contributed by atoms with Crippen LogP contribution in [0.5, 0.6) is 5.75 Å². The van der Waals surface area contributed by atoms with E-state index in [9.17, 15) is 13.2 Å². The fourth-order valence-corrected chi connectivity index (χ4v) is 3.98. The van der Waals surface area contributed by atoms with E-state index in [0.29, 0.717) is 11.4 Å². The quantitative estimate of drug-likeness (QED) is 0.842. The molecule has 118 valence electrons. The van der Waals surface area contributed by atoms with Crippen LogP contribution in [-0.4, -0.2) is 28.0 Å². The summed E-state index contributed by atoms with van der Waals surface area (Å²) in [5.41, 5.74) is 0.567. The van der Waals surface area contributed by atoms with E-state index >= 15 is 0 Å². The summed E-state index contributed by atoms with van der Waals surface area (Å²) in [5, 5.41) is 2.60. The highest BCUT2D eigenvalue weighted by Gasteiger charge is 2.17. The third-order valence-electron chi connectivity index (χ3n) is 2.78. The predicted octanol–water partition coefficient (Wildman–Crippen LogP) is 1.98. The van der Waals surface area contributed by atoms with Crippen LogP contribution in [0.2, 0.25) is 0 Å². The van der Waals surface area contributed by atoms with Crippen LogP contribution in [0.15, 0.2) is 40.6 Å². The number of nitrogens with one attached hydrogen (secondary N) is 2. The van der Waals surface area contributed by atoms with Gasteiger partial charge in [0.15, 0.2) is 0 Å². The van der Waals surface area contributed by atoms with Gasteiger partial charge in [-0.2, -0.15) is 0 Å². The van der Waals surface area contributed by atoms with Crippen LogP contribution in [0.4, 0.5) is 5.69 Å². The highest BCUT2D eigenvalue weighted by atomic mass is 32.2. The summed E-state index contributed by atoms with van der Waals surface area (Å²) in [5.74, 6) is 0.230. The molecule has 2 aromatic rings. The highest BCUT2D eigenvalue weighted by molar-refractivity contribution is 7.91. The molecule has 22 heavy (non-hydrogen) atoms. The molecule has 0 spiro atoms. The zero-order valence-corrected chi connectivity index (χ0v) is 13.8. The number of anilines is 1. The van der Waals surface area contributed by atoms with Gasteiger partial charge in [-0.05, 0) is 43.3 Å². The monoisotopic (exact) mass is 340 g/mol. The maximum atomic E-state index is 12.0. The molecule has 0 unspecified atom stereocenters. The first-order valence-electron chi connectivity index (χ1n) is 6.41. The van der Waals surface area contributed by atoms with E-state index in [2.05, 4.69) is 10.0 Å². The zero-order chi connectivity index (χ0) is 16.2. The van der Waals surface area contributed by atoms with Gasteiger partial charge in [-0.25, -0.2) is 13.1 Å². The van der Waals surface area contributed by atoms with E-state index in [-0.39, 0.29) is 10.8 Å². The summed E-state index contributed by atoms with van der Waals surface area (Å²) >= 11 is 1.16. The van der Waals surface area contributed by atoms with Crippen molar-refractivity contribution in [2.45, 2.75) is 11.1 Å². The normalized spacial score (nSPS) is 11.2. The van der Waals surface area contributed by atoms with Crippen molar-refractivity contribution >= 4 is 33.0 Å². The van der Waals surface area contributed by atoms with Crippen LogP contribution >= 0.6 is 11.3 Å². The molecule has 0 radical (unpaired) electrons. The maximum absolute atomic E-state index is 12.0. The molecule has 8 heteroatoms. The molecule has 1 aromatic carbocycles. The van der Waals surface area contributed by atoms with Gasteiger partial charge in [0.2, 0.25) is 5.91 Å². The molecule has 6 nitrogen and oxygen atoms in total. The smallest absolute Gasteiger partial charge is 0.250 e. The fourth-order valence-electron chi connectivity index (χ4n) is 1.67. The Morgan fingerprint density at radius 1 is 1.18 bits per heavy atom. The number of hydrogen-bond acceptors (Lipinski definition) is 5. The second-order valence-corrected chi connectivity index (χ2v) is 7.75. The van der Waals surface area contributed by atoms with Crippen molar-refractivity contribution in [2.24, 2.45) is 0 Å². The van der Waals surface area contributed by atoms with E-state index in [1.54, 1.807) is 37.4 Å². The van der Waals surface area contributed by atoms with Crippen molar-refractivity contribution in [1.82, 2.24) is 4.72 Å². The lowest BCUT2D eigenvalue weighted by Crippen LogP contribution is -2.32. The minimum atomic E-state index is -3.65. The Labute approximate surface area is 133 Å². The molecule has 0 saturated heterocycles. The maximum Gasteiger partial charge on any atom is 0.250 e. The predicted molar refractivity (Wildman–Crippen MR) is 85.9 cm³/mol. The van der Waals surface area contributed by atoms with Crippen LogP contribution in [-0.2, 0) is 14.8 Å². The van der Waals surface area contributed by atoms with Gasteiger partial charge in [0.1, 0.15) is 9.96 Å². The summed E-state index contributed by atoms with van der Waals surface area (Å²) in [7, 11) is -2.10. The molecule has 0 aliphatic rings. The summed E-state index contributed by atoms with van der Waals surface area (Å²) in [6.45, 7) is 1.49. The van der Waals surface area contributed by atoms with Crippen molar-refractivity contribution in [1.29, 1.82) is 0 Å². The topological polar surface area (TPSA) is 84.5 Å². The number of benzene rings is 1. The molecule has 2 rings (SSSR count). The first kappa shape index (κ1) is 16.5. The molecule has 0 saturated carbocycles. The van der Waals surface area contributed by atoms with Crippen LogP contribution in [0.25, 0.3) is 0 Å². The Morgan fingerprint density at radius 3 is 2.41 bits per heavy atom. The number of sulfonamides is 1. The van der Waals surface area contributed by atoms with Crippen molar-refractivity contribution in [2.75, 3.05) is 19.0 Å². The largest absolute Gasteiger partial charge is 0.497 e. The molecule has 0 fully saturated rings. The average Bonchev–Trinajstić information content (AvgIpc) is 2.94. The Morgan fingerprint density at radius 2 is 1.86 bits per heavy atom. The minimum Gasteiger partial charge on any atom is -0.497 e. The first-order chi connectivity index (χ1) is 10.4. The van der Waals surface area contributed by atoms with Crippen molar-refractivity contribution in [3.63, 3.8) is 0 Å². The second kappa shape index (κ2) is 6.91. The van der Waals surface area contributed by atoms with Crippen LogP contribution in [0.3, 0.4) is 0 Å². The zero-order valence-electron chi connectivity index (χ0n) is 12.1. The van der Waals surface area contributed by atoms with Crippen LogP contribution < -0.4 is 14.8 Å². The Bertz CT molecular complexity index is 751. The Balaban J connectivity index is 1.92. The highest BCUT2D eigenvalue weighted by Crippen LogP contribution is 2.20. The Kier molecular flexibility index (Phi) is 5.17. The van der Waals surface area contributed by atoms with Crippen LogP contribution in [0, 0.1) is 6.92 Å². The summed E-state index contributed by atoms with van der Waals surface area (Å²) in [6, 6.07) is 9.99. The van der Waals surface area contributed by atoms with E-state index in [0.717, 1.165) is 16.2 Å². The molecule has 0 bridgehead atoms. The summed E-state index contributed by atoms with van der Waals surface area (Å²) in [4.78, 5) is 12.7. The molecule has 2 N–H and O–H groups in total. The lowest BCUT2D eigenvalue weighted by atomic mass is 10.3. The van der Waals surface area contributed by atoms with Gasteiger partial charge >= 0.3 is 0 Å². The minimum absolute atomic E-state index is 0.197. The number of carbonyl (C=O) groups excluding carboxylic acids is 1. The van der Waals surface area contributed by atoms with Crippen molar-refractivity contribution < 1.29 is 17.9 Å². The lowest BCUT2D eigenvalue weighted by molar-refractivity contribution is -0.115. The average molecular weight is 340 g/mol. The number of rotatable bonds is 6. The molecule has 0 aliphatic heterocycles. The van der Waals surface area contributed by atoms with Crippen LogP contribution in [0.1, 0.15) is 4.88 Å². The number of carbonyl (C=O) groups is 1. The molecular formula is C14H16N2O4S2. The fraction of sp³-hybridized carbons (Fsp3) is 0.214. The van der Waals surface area contributed by atoms with E-state index < -0.39 is 15.9 Å². The van der Waals surface area contributed by atoms with Crippen molar-refractivity contribution in [3.05, 3.63) is 41.3 Å². The first-order valence-corrected chi connectivity index (χ1v) is 8.71. The standard InChI is InChI=1S/C14H16N2O4S2/c1-10-3-8-14(21-10)22(18,19)15-9-13(17)16-11-4-6-12(20-2)7-5-11/h3-8,15H,9H2,1-2H3,(H,16,17). The molecule has 0 aliphatic carbocycles. The lowest BCUT2D eigenvalue weighted by Gasteiger charge is -2.07. The van der Waals surface area contributed by atoms with Gasteiger partial charge in [0.05, 0.1) is 13.7 Å². The van der Waals surface area contributed by atoms with E-state index in [1.165, 1.54) is 6.07 Å². The molecule has 1 amide bonds. The molecular weight excluding hydrogens is 324 g/mol.